The molecule has 146 valence electrons. The zero-order valence-electron chi connectivity index (χ0n) is 15.3. The second kappa shape index (κ2) is 9.77. The molecule has 0 fully saturated rings. The smallest absolute Gasteiger partial charge is 0.234 e. The first-order valence-corrected chi connectivity index (χ1v) is 10.3. The number of hydrogen-bond acceptors (Lipinski definition) is 5. The molecular formula is C20H20BrN3O3S. The molecule has 2 aromatic carbocycles. The van der Waals surface area contributed by atoms with Crippen molar-refractivity contribution in [2.24, 2.45) is 0 Å². The number of benzene rings is 2. The van der Waals surface area contributed by atoms with Gasteiger partial charge in [0.1, 0.15) is 5.75 Å². The van der Waals surface area contributed by atoms with E-state index in [9.17, 15) is 9.90 Å². The van der Waals surface area contributed by atoms with Crippen LogP contribution in [0.2, 0.25) is 0 Å². The van der Waals surface area contributed by atoms with Crippen LogP contribution in [0.1, 0.15) is 11.3 Å². The average Bonchev–Trinajstić information content (AvgIpc) is 3.10. The summed E-state index contributed by atoms with van der Waals surface area (Å²) in [7, 11) is 1.63. The maximum Gasteiger partial charge on any atom is 0.234 e. The summed E-state index contributed by atoms with van der Waals surface area (Å²) in [5, 5.41) is 13.0. The normalized spacial score (nSPS) is 10.7. The SMILES string of the molecule is COc1ccc(Cn2cc(CO)nc2SCC(=O)Nc2ccc(Br)cc2)cc1. The van der Waals surface area contributed by atoms with E-state index in [0.29, 0.717) is 17.4 Å². The molecule has 0 aliphatic rings. The van der Waals surface area contributed by atoms with Crippen LogP contribution in [0, 0.1) is 0 Å². The Morgan fingerprint density at radius 2 is 1.93 bits per heavy atom. The fourth-order valence-corrected chi connectivity index (χ4v) is 3.61. The van der Waals surface area contributed by atoms with Gasteiger partial charge in [-0.2, -0.15) is 0 Å². The molecule has 3 rings (SSSR count). The number of aromatic nitrogens is 2. The lowest BCUT2D eigenvalue weighted by molar-refractivity contribution is -0.113. The van der Waals surface area contributed by atoms with Crippen LogP contribution in [0.4, 0.5) is 5.69 Å². The van der Waals surface area contributed by atoms with Gasteiger partial charge in [0.2, 0.25) is 5.91 Å². The number of aliphatic hydroxyl groups is 1. The van der Waals surface area contributed by atoms with Gasteiger partial charge in [-0.1, -0.05) is 39.8 Å². The van der Waals surface area contributed by atoms with E-state index < -0.39 is 0 Å². The van der Waals surface area contributed by atoms with Crippen LogP contribution in [-0.4, -0.2) is 33.4 Å². The lowest BCUT2D eigenvalue weighted by atomic mass is 10.2. The van der Waals surface area contributed by atoms with Crippen LogP contribution < -0.4 is 10.1 Å². The molecule has 1 aromatic heterocycles. The molecule has 0 radical (unpaired) electrons. The second-order valence-corrected chi connectivity index (χ2v) is 7.85. The molecular weight excluding hydrogens is 442 g/mol. The van der Waals surface area contributed by atoms with Crippen molar-refractivity contribution in [3.8, 4) is 5.75 Å². The predicted molar refractivity (Wildman–Crippen MR) is 114 cm³/mol. The first-order valence-electron chi connectivity index (χ1n) is 8.55. The number of hydrogen-bond donors (Lipinski definition) is 2. The van der Waals surface area contributed by atoms with Gasteiger partial charge in [0.25, 0.3) is 0 Å². The Morgan fingerprint density at radius 3 is 2.57 bits per heavy atom. The Hall–Kier alpha value is -2.29. The lowest BCUT2D eigenvalue weighted by Crippen LogP contribution is -2.14. The summed E-state index contributed by atoms with van der Waals surface area (Å²) in [6, 6.07) is 15.2. The number of amides is 1. The maximum atomic E-state index is 12.2. The third kappa shape index (κ3) is 5.60. The topological polar surface area (TPSA) is 76.4 Å². The molecule has 0 aliphatic heterocycles. The molecule has 0 saturated heterocycles. The highest BCUT2D eigenvalue weighted by Crippen LogP contribution is 2.21. The van der Waals surface area contributed by atoms with E-state index in [2.05, 4.69) is 26.2 Å². The molecule has 0 atom stereocenters. The minimum Gasteiger partial charge on any atom is -0.497 e. The number of carbonyl (C=O) groups excluding carboxylic acids is 1. The van der Waals surface area contributed by atoms with Crippen molar-refractivity contribution in [1.82, 2.24) is 9.55 Å². The number of aliphatic hydroxyl groups excluding tert-OH is 1. The van der Waals surface area contributed by atoms with E-state index in [1.54, 1.807) is 13.3 Å². The third-order valence-corrected chi connectivity index (χ3v) is 5.44. The van der Waals surface area contributed by atoms with Gasteiger partial charge in [0.05, 0.1) is 25.2 Å². The van der Waals surface area contributed by atoms with Gasteiger partial charge in [-0.25, -0.2) is 4.98 Å². The molecule has 1 heterocycles. The van der Waals surface area contributed by atoms with E-state index in [1.807, 2.05) is 53.1 Å². The molecule has 8 heteroatoms. The highest BCUT2D eigenvalue weighted by molar-refractivity contribution is 9.10. The quantitative estimate of drug-likeness (QED) is 0.497. The molecule has 2 N–H and O–H groups in total. The van der Waals surface area contributed by atoms with Crippen LogP contribution in [0.3, 0.4) is 0 Å². The first kappa shape index (κ1) is 20.4. The number of halogens is 1. The van der Waals surface area contributed by atoms with Gasteiger partial charge in [-0.3, -0.25) is 4.79 Å². The summed E-state index contributed by atoms with van der Waals surface area (Å²) in [4.78, 5) is 16.7. The largest absolute Gasteiger partial charge is 0.497 e. The van der Waals surface area contributed by atoms with Gasteiger partial charge in [-0.15, -0.1) is 0 Å². The molecule has 28 heavy (non-hydrogen) atoms. The third-order valence-electron chi connectivity index (χ3n) is 3.92. The Balaban J connectivity index is 1.64. The number of rotatable bonds is 8. The van der Waals surface area contributed by atoms with Gasteiger partial charge in [-0.05, 0) is 42.0 Å². The fraction of sp³-hybridized carbons (Fsp3) is 0.200. The van der Waals surface area contributed by atoms with E-state index in [1.165, 1.54) is 11.8 Å². The zero-order chi connectivity index (χ0) is 19.9. The number of methoxy groups -OCH3 is 1. The number of nitrogens with zero attached hydrogens (tertiary/aromatic N) is 2. The van der Waals surface area contributed by atoms with Crippen molar-refractivity contribution in [1.29, 1.82) is 0 Å². The summed E-state index contributed by atoms with van der Waals surface area (Å²) in [5.41, 5.74) is 2.39. The van der Waals surface area contributed by atoms with Crippen LogP contribution >= 0.6 is 27.7 Å². The number of nitrogens with one attached hydrogen (secondary N) is 1. The summed E-state index contributed by atoms with van der Waals surface area (Å²) in [6.45, 7) is 0.446. The van der Waals surface area contributed by atoms with Crippen LogP contribution in [0.5, 0.6) is 5.75 Å². The number of imidazole rings is 1. The monoisotopic (exact) mass is 461 g/mol. The summed E-state index contributed by atoms with van der Waals surface area (Å²) in [5.74, 6) is 0.905. The highest BCUT2D eigenvalue weighted by Gasteiger charge is 2.12. The van der Waals surface area contributed by atoms with Crippen LogP contribution in [-0.2, 0) is 17.9 Å². The maximum absolute atomic E-state index is 12.2. The van der Waals surface area contributed by atoms with Crippen molar-refractivity contribution in [2.45, 2.75) is 18.3 Å². The summed E-state index contributed by atoms with van der Waals surface area (Å²) in [6.07, 6.45) is 1.80. The van der Waals surface area contributed by atoms with Crippen LogP contribution in [0.15, 0.2) is 64.4 Å². The van der Waals surface area contributed by atoms with E-state index in [0.717, 1.165) is 21.5 Å². The van der Waals surface area contributed by atoms with Crippen molar-refractivity contribution in [2.75, 3.05) is 18.2 Å². The molecule has 1 amide bonds. The molecule has 0 aliphatic carbocycles. The molecule has 0 saturated carbocycles. The standard InChI is InChI=1S/C20H20BrN3O3S/c1-27-18-8-2-14(3-9-18)10-24-11-17(12-25)23-20(24)28-13-19(26)22-16-6-4-15(21)5-7-16/h2-9,11,25H,10,12-13H2,1H3,(H,22,26). The van der Waals surface area contributed by atoms with E-state index in [4.69, 9.17) is 4.74 Å². The first-order chi connectivity index (χ1) is 13.6. The van der Waals surface area contributed by atoms with Crippen molar-refractivity contribution in [3.63, 3.8) is 0 Å². The fourth-order valence-electron chi connectivity index (χ4n) is 2.54. The van der Waals surface area contributed by atoms with Gasteiger partial charge < -0.3 is 19.7 Å². The predicted octanol–water partition coefficient (Wildman–Crippen LogP) is 3.93. The second-order valence-electron chi connectivity index (χ2n) is 5.99. The highest BCUT2D eigenvalue weighted by atomic mass is 79.9. The van der Waals surface area contributed by atoms with Crippen molar-refractivity contribution in [3.05, 3.63) is 70.5 Å². The number of ether oxygens (including phenoxy) is 1. The molecule has 0 unspecified atom stereocenters. The Labute approximate surface area is 176 Å². The Morgan fingerprint density at radius 1 is 1.21 bits per heavy atom. The molecule has 3 aromatic rings. The lowest BCUT2D eigenvalue weighted by Gasteiger charge is -2.09. The number of thioether (sulfide) groups is 1. The average molecular weight is 462 g/mol. The summed E-state index contributed by atoms with van der Waals surface area (Å²) < 4.78 is 8.07. The number of anilines is 1. The van der Waals surface area contributed by atoms with Crippen LogP contribution in [0.25, 0.3) is 0 Å². The van der Waals surface area contributed by atoms with Gasteiger partial charge in [0.15, 0.2) is 5.16 Å². The van der Waals surface area contributed by atoms with Gasteiger partial charge >= 0.3 is 0 Å². The molecule has 0 bridgehead atoms. The number of carbonyl (C=O) groups is 1. The van der Waals surface area contributed by atoms with E-state index >= 15 is 0 Å². The molecule has 0 spiro atoms. The Bertz CT molecular complexity index is 927. The van der Waals surface area contributed by atoms with Crippen molar-refractivity contribution >= 4 is 39.3 Å². The van der Waals surface area contributed by atoms with Crippen molar-refractivity contribution < 1.29 is 14.6 Å². The Kier molecular flexibility index (Phi) is 7.13. The molecule has 6 nitrogen and oxygen atoms in total. The summed E-state index contributed by atoms with van der Waals surface area (Å²) >= 11 is 4.71. The van der Waals surface area contributed by atoms with Gasteiger partial charge in [0, 0.05) is 22.9 Å². The minimum atomic E-state index is -0.145. The zero-order valence-corrected chi connectivity index (χ0v) is 17.7. The van der Waals surface area contributed by atoms with E-state index in [-0.39, 0.29) is 18.3 Å². The minimum absolute atomic E-state index is 0.114.